The predicted octanol–water partition coefficient (Wildman–Crippen LogP) is 3.67. The number of carboxylic acid groups (broad SMARTS) is 1. The lowest BCUT2D eigenvalue weighted by Crippen LogP contribution is -2.36. The number of nitrogens with zero attached hydrogens (tertiary/aromatic N) is 1. The molecular weight excluding hydrogens is 298 g/mol. The van der Waals surface area contributed by atoms with Crippen molar-refractivity contribution < 1.29 is 15.0 Å². The maximum Gasteiger partial charge on any atom is 0.303 e. The molecule has 1 aromatic heterocycles. The Morgan fingerprint density at radius 1 is 1.36 bits per heavy atom. The number of aliphatic hydroxyl groups is 1. The molecule has 2 heterocycles. The SMILES string of the molecule is O=C(O)CCCCN1CCCCCC1CC(O)c1cccs1. The van der Waals surface area contributed by atoms with Gasteiger partial charge in [-0.2, -0.15) is 0 Å². The van der Waals surface area contributed by atoms with Crippen molar-refractivity contribution in [1.82, 2.24) is 4.90 Å². The van der Waals surface area contributed by atoms with Gasteiger partial charge in [-0.15, -0.1) is 11.3 Å². The van der Waals surface area contributed by atoms with Crippen LogP contribution in [0.2, 0.25) is 0 Å². The number of unbranched alkanes of at least 4 members (excludes halogenated alkanes) is 1. The summed E-state index contributed by atoms with van der Waals surface area (Å²) in [7, 11) is 0. The van der Waals surface area contributed by atoms with Gasteiger partial charge in [0.1, 0.15) is 0 Å². The highest BCUT2D eigenvalue weighted by atomic mass is 32.1. The fourth-order valence-corrected chi connectivity index (χ4v) is 3.97. The summed E-state index contributed by atoms with van der Waals surface area (Å²) in [5.74, 6) is -0.708. The first-order valence-corrected chi connectivity index (χ1v) is 9.22. The highest BCUT2D eigenvalue weighted by Crippen LogP contribution is 2.28. The van der Waals surface area contributed by atoms with Crippen LogP contribution in [0.15, 0.2) is 17.5 Å². The lowest BCUT2D eigenvalue weighted by molar-refractivity contribution is -0.137. The molecule has 2 unspecified atom stereocenters. The molecule has 4 nitrogen and oxygen atoms in total. The van der Waals surface area contributed by atoms with Crippen molar-refractivity contribution in [3.8, 4) is 0 Å². The minimum Gasteiger partial charge on any atom is -0.481 e. The third-order valence-electron chi connectivity index (χ3n) is 4.45. The topological polar surface area (TPSA) is 60.8 Å². The normalized spacial score (nSPS) is 21.4. The largest absolute Gasteiger partial charge is 0.481 e. The average Bonchev–Trinajstić information content (AvgIpc) is 2.94. The molecule has 0 bridgehead atoms. The molecule has 1 aliphatic rings. The van der Waals surface area contributed by atoms with Crippen molar-refractivity contribution in [1.29, 1.82) is 0 Å². The smallest absolute Gasteiger partial charge is 0.303 e. The maximum absolute atomic E-state index is 10.6. The van der Waals surface area contributed by atoms with Crippen LogP contribution in [0.1, 0.15) is 62.3 Å². The number of rotatable bonds is 8. The molecule has 1 fully saturated rings. The summed E-state index contributed by atoms with van der Waals surface area (Å²) in [6.07, 6.45) is 7.20. The Kier molecular flexibility index (Phi) is 7.36. The number of carbonyl (C=O) groups is 1. The third-order valence-corrected chi connectivity index (χ3v) is 5.43. The van der Waals surface area contributed by atoms with E-state index >= 15 is 0 Å². The number of aliphatic carboxylic acids is 1. The first-order chi connectivity index (χ1) is 10.7. The first-order valence-electron chi connectivity index (χ1n) is 8.34. The molecule has 2 atom stereocenters. The van der Waals surface area contributed by atoms with Gasteiger partial charge in [-0.25, -0.2) is 0 Å². The predicted molar refractivity (Wildman–Crippen MR) is 89.2 cm³/mol. The van der Waals surface area contributed by atoms with E-state index in [-0.39, 0.29) is 12.5 Å². The number of likely N-dealkylation sites (tertiary alicyclic amines) is 1. The maximum atomic E-state index is 10.6. The summed E-state index contributed by atoms with van der Waals surface area (Å²) in [6.45, 7) is 2.03. The van der Waals surface area contributed by atoms with E-state index in [1.807, 2.05) is 17.5 Å². The zero-order valence-corrected chi connectivity index (χ0v) is 13.9. The van der Waals surface area contributed by atoms with E-state index in [2.05, 4.69) is 4.90 Å². The number of thiophene rings is 1. The van der Waals surface area contributed by atoms with E-state index in [4.69, 9.17) is 5.11 Å². The second-order valence-electron chi connectivity index (χ2n) is 6.16. The van der Waals surface area contributed by atoms with Crippen molar-refractivity contribution >= 4 is 17.3 Å². The van der Waals surface area contributed by atoms with Gasteiger partial charge in [0, 0.05) is 17.3 Å². The van der Waals surface area contributed by atoms with Gasteiger partial charge in [0.05, 0.1) is 6.10 Å². The fraction of sp³-hybridized carbons (Fsp3) is 0.706. The van der Waals surface area contributed by atoms with Gasteiger partial charge in [0.15, 0.2) is 0 Å². The second kappa shape index (κ2) is 9.28. The van der Waals surface area contributed by atoms with Crippen molar-refractivity contribution in [3.63, 3.8) is 0 Å². The molecule has 2 N–H and O–H groups in total. The number of aliphatic hydroxyl groups excluding tert-OH is 1. The third kappa shape index (κ3) is 5.71. The van der Waals surface area contributed by atoms with Gasteiger partial charge in [-0.05, 0) is 56.6 Å². The molecule has 1 saturated heterocycles. The molecule has 0 radical (unpaired) electrons. The summed E-state index contributed by atoms with van der Waals surface area (Å²) >= 11 is 1.62. The van der Waals surface area contributed by atoms with E-state index in [0.29, 0.717) is 6.04 Å². The van der Waals surface area contributed by atoms with Crippen LogP contribution in [-0.2, 0) is 4.79 Å². The summed E-state index contributed by atoms with van der Waals surface area (Å²) in [5, 5.41) is 21.2. The first kappa shape index (κ1) is 17.4. The van der Waals surface area contributed by atoms with Crippen molar-refractivity contribution in [2.45, 2.75) is 63.5 Å². The van der Waals surface area contributed by atoms with Gasteiger partial charge < -0.3 is 15.1 Å². The number of carboxylic acids is 1. The van der Waals surface area contributed by atoms with Crippen LogP contribution in [0.5, 0.6) is 0 Å². The van der Waals surface area contributed by atoms with Crippen LogP contribution < -0.4 is 0 Å². The molecule has 0 aliphatic carbocycles. The molecular formula is C17H27NO3S. The standard InChI is InChI=1S/C17H27NO3S/c19-15(16-8-6-12-22-16)13-14-7-2-1-4-10-18(14)11-5-3-9-17(20)21/h6,8,12,14-15,19H,1-5,7,9-11,13H2,(H,20,21). The fourth-order valence-electron chi connectivity index (χ4n) is 3.24. The van der Waals surface area contributed by atoms with Crippen LogP contribution in [0.4, 0.5) is 0 Å². The van der Waals surface area contributed by atoms with E-state index in [1.54, 1.807) is 11.3 Å². The lowest BCUT2D eigenvalue weighted by atomic mass is 10.0. The minimum atomic E-state index is -0.708. The minimum absolute atomic E-state index is 0.260. The average molecular weight is 325 g/mol. The number of hydrogen-bond acceptors (Lipinski definition) is 4. The number of hydrogen-bond donors (Lipinski definition) is 2. The zero-order chi connectivity index (χ0) is 15.8. The Balaban J connectivity index is 1.85. The van der Waals surface area contributed by atoms with E-state index in [0.717, 1.165) is 43.6 Å². The van der Waals surface area contributed by atoms with Crippen molar-refractivity contribution in [2.24, 2.45) is 0 Å². The highest BCUT2D eigenvalue weighted by Gasteiger charge is 2.24. The Labute approximate surface area is 136 Å². The van der Waals surface area contributed by atoms with E-state index in [9.17, 15) is 9.90 Å². The second-order valence-corrected chi connectivity index (χ2v) is 7.14. The Morgan fingerprint density at radius 2 is 2.23 bits per heavy atom. The molecule has 0 spiro atoms. The van der Waals surface area contributed by atoms with E-state index < -0.39 is 5.97 Å². The van der Waals surface area contributed by atoms with Crippen LogP contribution in [0.25, 0.3) is 0 Å². The van der Waals surface area contributed by atoms with Gasteiger partial charge in [-0.3, -0.25) is 4.79 Å². The molecule has 124 valence electrons. The molecule has 1 aliphatic heterocycles. The summed E-state index contributed by atoms with van der Waals surface area (Å²) in [5.41, 5.74) is 0. The van der Waals surface area contributed by atoms with Gasteiger partial charge in [0.2, 0.25) is 0 Å². The summed E-state index contributed by atoms with van der Waals surface area (Å²) in [6, 6.07) is 4.41. The Morgan fingerprint density at radius 3 is 2.95 bits per heavy atom. The molecule has 0 aromatic carbocycles. The quantitative estimate of drug-likeness (QED) is 0.716. The van der Waals surface area contributed by atoms with Crippen molar-refractivity contribution in [3.05, 3.63) is 22.4 Å². The molecule has 22 heavy (non-hydrogen) atoms. The molecule has 0 saturated carbocycles. The molecule has 0 amide bonds. The van der Waals surface area contributed by atoms with Crippen LogP contribution >= 0.6 is 11.3 Å². The molecule has 5 heteroatoms. The van der Waals surface area contributed by atoms with Crippen LogP contribution in [0, 0.1) is 0 Å². The van der Waals surface area contributed by atoms with Crippen LogP contribution in [-0.4, -0.2) is 40.2 Å². The highest BCUT2D eigenvalue weighted by molar-refractivity contribution is 7.10. The Bertz CT molecular complexity index is 435. The summed E-state index contributed by atoms with van der Waals surface area (Å²) < 4.78 is 0. The van der Waals surface area contributed by atoms with Gasteiger partial charge in [-0.1, -0.05) is 18.9 Å². The van der Waals surface area contributed by atoms with Gasteiger partial charge >= 0.3 is 5.97 Å². The lowest BCUT2D eigenvalue weighted by Gasteiger charge is -2.31. The monoisotopic (exact) mass is 325 g/mol. The van der Waals surface area contributed by atoms with Crippen molar-refractivity contribution in [2.75, 3.05) is 13.1 Å². The summed E-state index contributed by atoms with van der Waals surface area (Å²) in [4.78, 5) is 14.1. The molecule has 2 rings (SSSR count). The zero-order valence-electron chi connectivity index (χ0n) is 13.1. The Hall–Kier alpha value is -0.910. The van der Waals surface area contributed by atoms with Crippen LogP contribution in [0.3, 0.4) is 0 Å². The van der Waals surface area contributed by atoms with E-state index in [1.165, 1.54) is 19.3 Å². The molecule has 1 aromatic rings. The van der Waals surface area contributed by atoms with Gasteiger partial charge in [0.25, 0.3) is 0 Å².